The van der Waals surface area contributed by atoms with Gasteiger partial charge in [0.1, 0.15) is 0 Å². The van der Waals surface area contributed by atoms with Gasteiger partial charge in [-0.25, -0.2) is 0 Å². The van der Waals surface area contributed by atoms with E-state index in [0.717, 1.165) is 0 Å². The van der Waals surface area contributed by atoms with Gasteiger partial charge in [-0.3, -0.25) is 0 Å². The van der Waals surface area contributed by atoms with Crippen molar-refractivity contribution in [1.29, 1.82) is 0 Å². The van der Waals surface area contributed by atoms with Crippen molar-refractivity contribution in [3.63, 3.8) is 0 Å². The zero-order chi connectivity index (χ0) is 12.8. The molecule has 1 aliphatic rings. The minimum Gasteiger partial charge on any atom is -0.416 e. The van der Waals surface area contributed by atoms with Crippen LogP contribution in [-0.4, -0.2) is 34.4 Å². The lowest BCUT2D eigenvalue weighted by Crippen LogP contribution is -2.68. The zero-order valence-corrected chi connectivity index (χ0v) is 15.2. The second-order valence-corrected chi connectivity index (χ2v) is 19.3. The van der Waals surface area contributed by atoms with Crippen molar-refractivity contribution in [3.8, 4) is 0 Å². The second kappa shape index (κ2) is 4.10. The molecule has 1 fully saturated rings. The molecule has 16 heavy (non-hydrogen) atoms. The van der Waals surface area contributed by atoms with Crippen LogP contribution in [-0.2, 0) is 16.5 Å². The fourth-order valence-electron chi connectivity index (χ4n) is 2.24. The molecule has 1 heterocycles. The third-order valence-corrected chi connectivity index (χ3v) is 16.9. The van der Waals surface area contributed by atoms with E-state index < -0.39 is 34.4 Å². The van der Waals surface area contributed by atoms with Gasteiger partial charge >= 0.3 is 34.4 Å². The monoisotopic (exact) mass is 297 g/mol. The number of rotatable bonds is 0. The summed E-state index contributed by atoms with van der Waals surface area (Å²) in [5, 5.41) is 6.11. The van der Waals surface area contributed by atoms with Crippen molar-refractivity contribution >= 4 is 34.4 Å². The highest BCUT2D eigenvalue weighted by atomic mass is 28.5. The van der Waals surface area contributed by atoms with Gasteiger partial charge in [0.05, 0.1) is 0 Å². The molecule has 0 unspecified atom stereocenters. The Balaban J connectivity index is 2.98. The molecule has 0 saturated carbocycles. The maximum atomic E-state index is 6.11. The molecule has 0 amide bonds. The van der Waals surface area contributed by atoms with Gasteiger partial charge < -0.3 is 21.9 Å². The fraction of sp³-hybridized carbons (Fsp3) is 1.00. The molecule has 2 N–H and O–H groups in total. The summed E-state index contributed by atoms with van der Waals surface area (Å²) in [4.78, 5) is 0. The van der Waals surface area contributed by atoms with Crippen LogP contribution in [0, 0.1) is 0 Å². The highest BCUT2D eigenvalue weighted by molar-refractivity contribution is 6.92. The van der Waals surface area contributed by atoms with E-state index in [2.05, 4.69) is 0 Å². The van der Waals surface area contributed by atoms with Crippen LogP contribution < -0.4 is 5.40 Å². The Morgan fingerprint density at radius 1 is 0.562 bits per heavy atom. The first-order valence-electron chi connectivity index (χ1n) is 5.42. The molecule has 1 saturated heterocycles. The van der Waals surface area contributed by atoms with Gasteiger partial charge in [0, 0.05) is 0 Å². The van der Waals surface area contributed by atoms with Crippen LogP contribution in [0.15, 0.2) is 0 Å². The normalized spacial score (nSPS) is 31.5. The SMILES string of the molecule is C[Si]1(C)O[Si](C)(C)O[Si](C)(N)O[Si](C)(C)O1. The van der Waals surface area contributed by atoms with Gasteiger partial charge in [-0.15, -0.1) is 0 Å². The van der Waals surface area contributed by atoms with E-state index in [1.54, 1.807) is 0 Å². The molecule has 5 nitrogen and oxygen atoms in total. The Kier molecular flexibility index (Phi) is 3.78. The van der Waals surface area contributed by atoms with E-state index in [0.29, 0.717) is 0 Å². The lowest BCUT2D eigenvalue weighted by Gasteiger charge is -2.45. The predicted octanol–water partition coefficient (Wildman–Crippen LogP) is 1.70. The molecular formula is C7H23NO4Si4. The molecule has 0 aromatic rings. The van der Waals surface area contributed by atoms with E-state index in [1.165, 1.54) is 0 Å². The summed E-state index contributed by atoms with van der Waals surface area (Å²) in [6.07, 6.45) is 0. The molecule has 1 rings (SSSR count). The summed E-state index contributed by atoms with van der Waals surface area (Å²) in [5.74, 6) is 0. The zero-order valence-electron chi connectivity index (χ0n) is 11.2. The summed E-state index contributed by atoms with van der Waals surface area (Å²) in [6.45, 7) is 13.9. The summed E-state index contributed by atoms with van der Waals surface area (Å²) >= 11 is 0. The van der Waals surface area contributed by atoms with E-state index in [1.807, 2.05) is 45.8 Å². The van der Waals surface area contributed by atoms with E-state index in [9.17, 15) is 0 Å². The Morgan fingerprint density at radius 2 is 0.812 bits per heavy atom. The lowest BCUT2D eigenvalue weighted by atomic mass is 11.9. The van der Waals surface area contributed by atoms with Crippen molar-refractivity contribution < 1.29 is 16.5 Å². The third kappa shape index (κ3) is 4.50. The largest absolute Gasteiger partial charge is 0.416 e. The molecule has 1 aliphatic heterocycles. The van der Waals surface area contributed by atoms with Crippen LogP contribution in [0.5, 0.6) is 0 Å². The van der Waals surface area contributed by atoms with Crippen LogP contribution in [0.3, 0.4) is 0 Å². The lowest BCUT2D eigenvalue weighted by molar-refractivity contribution is 0.235. The van der Waals surface area contributed by atoms with E-state index >= 15 is 0 Å². The highest BCUT2D eigenvalue weighted by Crippen LogP contribution is 2.28. The topological polar surface area (TPSA) is 62.9 Å². The third-order valence-electron chi connectivity index (χ3n) is 1.88. The standard InChI is InChI=1S/C7H23NO4Si4/c1-13(2)9-14(3,4)11-16(7,8)12-15(5,6)10-13/h8H2,1-7H3. The Hall–Kier alpha value is 0.668. The maximum Gasteiger partial charge on any atom is 0.401 e. The van der Waals surface area contributed by atoms with Crippen molar-refractivity contribution in [2.24, 2.45) is 5.40 Å². The Labute approximate surface area is 102 Å². The number of nitrogens with two attached hydrogens (primary N) is 1. The first-order chi connectivity index (χ1) is 6.83. The first kappa shape index (κ1) is 14.7. The second-order valence-electron chi connectivity index (χ2n) is 5.62. The van der Waals surface area contributed by atoms with Gasteiger partial charge in [-0.1, -0.05) is 0 Å². The van der Waals surface area contributed by atoms with E-state index in [-0.39, 0.29) is 0 Å². The van der Waals surface area contributed by atoms with Crippen LogP contribution in [0.2, 0.25) is 45.8 Å². The molecule has 96 valence electrons. The molecule has 0 aliphatic carbocycles. The molecule has 9 heteroatoms. The van der Waals surface area contributed by atoms with Crippen LogP contribution in [0.1, 0.15) is 0 Å². The molecule has 0 bridgehead atoms. The highest BCUT2D eigenvalue weighted by Gasteiger charge is 2.51. The minimum atomic E-state index is -2.61. The molecule has 0 aromatic carbocycles. The van der Waals surface area contributed by atoms with Crippen LogP contribution >= 0.6 is 0 Å². The van der Waals surface area contributed by atoms with Gasteiger partial charge in [0.25, 0.3) is 0 Å². The summed E-state index contributed by atoms with van der Waals surface area (Å²) in [5.41, 5.74) is 0. The summed E-state index contributed by atoms with van der Waals surface area (Å²) in [6, 6.07) is 0. The van der Waals surface area contributed by atoms with Crippen molar-refractivity contribution in [1.82, 2.24) is 0 Å². The van der Waals surface area contributed by atoms with Crippen LogP contribution in [0.4, 0.5) is 0 Å². The smallest absolute Gasteiger partial charge is 0.401 e. The van der Waals surface area contributed by atoms with Crippen molar-refractivity contribution in [2.75, 3.05) is 0 Å². The summed E-state index contributed by atoms with van der Waals surface area (Å²) in [7, 11) is -9.25. The number of hydrogen-bond acceptors (Lipinski definition) is 5. The summed E-state index contributed by atoms with van der Waals surface area (Å²) < 4.78 is 24.0. The quantitative estimate of drug-likeness (QED) is 0.690. The fourth-order valence-corrected chi connectivity index (χ4v) is 21.7. The molecule has 0 spiro atoms. The van der Waals surface area contributed by atoms with Crippen molar-refractivity contribution in [2.45, 2.75) is 45.8 Å². The van der Waals surface area contributed by atoms with Gasteiger partial charge in [0.2, 0.25) is 0 Å². The Bertz CT molecular complexity index is 210. The Morgan fingerprint density at radius 3 is 1.12 bits per heavy atom. The average Bonchev–Trinajstić information content (AvgIpc) is 1.67. The first-order valence-corrected chi connectivity index (χ1v) is 16.3. The minimum absolute atomic E-state index is 1.85. The molecule has 0 atom stereocenters. The van der Waals surface area contributed by atoms with Crippen LogP contribution in [0.25, 0.3) is 0 Å². The molecule has 0 aromatic heterocycles. The maximum absolute atomic E-state index is 6.11. The average molecular weight is 298 g/mol. The van der Waals surface area contributed by atoms with Gasteiger partial charge in [-0.2, -0.15) is 0 Å². The molecule has 0 radical (unpaired) electrons. The van der Waals surface area contributed by atoms with Gasteiger partial charge in [0.15, 0.2) is 0 Å². The van der Waals surface area contributed by atoms with Gasteiger partial charge in [-0.05, 0) is 45.8 Å². The number of hydrogen-bond donors (Lipinski definition) is 1. The predicted molar refractivity (Wildman–Crippen MR) is 72.6 cm³/mol. The molecular weight excluding hydrogens is 274 g/mol. The van der Waals surface area contributed by atoms with E-state index in [4.69, 9.17) is 21.9 Å². The van der Waals surface area contributed by atoms with Crippen molar-refractivity contribution in [3.05, 3.63) is 0 Å².